The number of aliphatic hydroxyl groups is 1. The first-order chi connectivity index (χ1) is 20.3. The zero-order chi connectivity index (χ0) is 31.2. The van der Waals surface area contributed by atoms with Crippen molar-refractivity contribution >= 4 is 27.6 Å². The summed E-state index contributed by atoms with van der Waals surface area (Å²) in [7, 11) is -2.40. The number of sulfonamides is 1. The number of nitrogens with zero attached hydrogens (tertiary/aromatic N) is 1. The Balaban J connectivity index is 1.31. The summed E-state index contributed by atoms with van der Waals surface area (Å²) in [5.74, 6) is -0.902. The third-order valence-electron chi connectivity index (χ3n) is 7.83. The number of carboxylic acids is 1. The van der Waals surface area contributed by atoms with Crippen LogP contribution in [0.4, 0.5) is 5.69 Å². The van der Waals surface area contributed by atoms with Gasteiger partial charge in [0.25, 0.3) is 0 Å². The van der Waals surface area contributed by atoms with Crippen LogP contribution in [0, 0.1) is 5.92 Å². The number of anilines is 1. The fraction of sp³-hybridized carbons (Fsp3) is 0.394. The number of fused-ring (bicyclic) bond motifs is 1. The molecule has 0 aromatic heterocycles. The summed E-state index contributed by atoms with van der Waals surface area (Å²) in [5, 5.41) is 25.6. The molecule has 43 heavy (non-hydrogen) atoms. The van der Waals surface area contributed by atoms with Gasteiger partial charge in [0.15, 0.2) is 0 Å². The second-order valence-corrected chi connectivity index (χ2v) is 14.0. The van der Waals surface area contributed by atoms with Crippen molar-refractivity contribution in [3.8, 4) is 11.1 Å². The lowest BCUT2D eigenvalue weighted by atomic mass is 9.88. The topological polar surface area (TPSA) is 136 Å². The maximum atomic E-state index is 13.4. The Morgan fingerprint density at radius 3 is 2.23 bits per heavy atom. The first-order valence-electron chi connectivity index (χ1n) is 14.5. The molecule has 9 nitrogen and oxygen atoms in total. The molecular formula is C33H41N3O6S. The van der Waals surface area contributed by atoms with Crippen molar-refractivity contribution in [3.05, 3.63) is 83.9 Å². The average Bonchev–Trinajstić information content (AvgIpc) is 3.37. The molecule has 10 heteroatoms. The molecule has 4 rings (SSSR count). The van der Waals surface area contributed by atoms with Gasteiger partial charge in [0.05, 0.1) is 17.4 Å². The van der Waals surface area contributed by atoms with E-state index in [0.717, 1.165) is 24.8 Å². The number of rotatable bonds is 14. The maximum absolute atomic E-state index is 13.4. The summed E-state index contributed by atoms with van der Waals surface area (Å²) in [5.41, 5.74) is 4.55. The summed E-state index contributed by atoms with van der Waals surface area (Å²) in [6.07, 6.45) is 1.80. The zero-order valence-corrected chi connectivity index (χ0v) is 25.7. The first-order valence-corrected chi connectivity index (χ1v) is 15.9. The summed E-state index contributed by atoms with van der Waals surface area (Å²) in [6, 6.07) is 22.0. The zero-order valence-electron chi connectivity index (χ0n) is 24.9. The predicted octanol–water partition coefficient (Wildman–Crippen LogP) is 4.31. The van der Waals surface area contributed by atoms with Gasteiger partial charge in [-0.3, -0.25) is 9.59 Å². The molecule has 0 heterocycles. The number of β-amino-alcohol motifs (C(OH)–C–C–N with tert-alkyl or cyclic N) is 1. The van der Waals surface area contributed by atoms with Gasteiger partial charge in [-0.1, -0.05) is 48.5 Å². The van der Waals surface area contributed by atoms with Gasteiger partial charge < -0.3 is 20.8 Å². The van der Waals surface area contributed by atoms with Gasteiger partial charge in [-0.15, -0.1) is 0 Å². The third kappa shape index (κ3) is 8.96. The quantitative estimate of drug-likeness (QED) is 0.214. The molecule has 1 atom stereocenters. The highest BCUT2D eigenvalue weighted by Crippen LogP contribution is 2.32. The summed E-state index contributed by atoms with van der Waals surface area (Å²) in [6.45, 7) is 4.45. The summed E-state index contributed by atoms with van der Waals surface area (Å²) < 4.78 is 27.9. The molecule has 0 spiro atoms. The molecule has 1 amide bonds. The van der Waals surface area contributed by atoms with Crippen molar-refractivity contribution in [2.45, 2.75) is 62.5 Å². The Bertz CT molecular complexity index is 1510. The molecular weight excluding hydrogens is 566 g/mol. The van der Waals surface area contributed by atoms with Crippen molar-refractivity contribution < 1.29 is 28.2 Å². The van der Waals surface area contributed by atoms with Crippen molar-refractivity contribution in [1.29, 1.82) is 0 Å². The van der Waals surface area contributed by atoms with Gasteiger partial charge in [-0.2, -0.15) is 4.31 Å². The SMILES string of the molecule is CN(CC(O)CNC(C)(C)CC1Cc2ccccc2C1)S(=O)(=O)c1cccc(-c2ccc(NC(=O)CCC(=O)O)cc2)c1. The molecule has 0 saturated carbocycles. The minimum absolute atomic E-state index is 0.0548. The second-order valence-electron chi connectivity index (χ2n) is 12.0. The number of carboxylic acid groups (broad SMARTS) is 1. The lowest BCUT2D eigenvalue weighted by Crippen LogP contribution is -2.47. The Hall–Kier alpha value is -3.57. The molecule has 1 aliphatic carbocycles. The standard InChI is InChI=1S/C33H41N3O6S/c1-33(2,20-23-17-25-7-4-5-8-26(25)18-23)34-21-29(37)22-36(3)43(41,42)30-10-6-9-27(19-30)24-11-13-28(14-12-24)35-31(38)15-16-32(39)40/h4-14,19,23,29,34,37H,15-18,20-22H2,1-3H3,(H,35,38)(H,39,40). The number of benzene rings is 3. The van der Waals surface area contributed by atoms with E-state index in [1.807, 2.05) is 0 Å². The van der Waals surface area contributed by atoms with E-state index in [9.17, 15) is 23.1 Å². The molecule has 0 fully saturated rings. The predicted molar refractivity (Wildman–Crippen MR) is 167 cm³/mol. The Kier molecular flexibility index (Phi) is 10.4. The van der Waals surface area contributed by atoms with E-state index >= 15 is 0 Å². The normalized spacial score (nSPS) is 14.4. The number of nitrogens with one attached hydrogen (secondary N) is 2. The van der Waals surface area contributed by atoms with Gasteiger partial charge in [0.2, 0.25) is 15.9 Å². The Morgan fingerprint density at radius 1 is 0.953 bits per heavy atom. The summed E-state index contributed by atoms with van der Waals surface area (Å²) in [4.78, 5) is 22.7. The van der Waals surface area contributed by atoms with E-state index in [1.54, 1.807) is 42.5 Å². The number of likely N-dealkylation sites (N-methyl/N-ethyl adjacent to an activating group) is 1. The van der Waals surface area contributed by atoms with E-state index in [0.29, 0.717) is 17.2 Å². The number of hydrogen-bond donors (Lipinski definition) is 4. The van der Waals surface area contributed by atoms with Crippen molar-refractivity contribution in [2.24, 2.45) is 5.92 Å². The van der Waals surface area contributed by atoms with E-state index in [-0.39, 0.29) is 36.4 Å². The van der Waals surface area contributed by atoms with Crippen LogP contribution in [0.15, 0.2) is 77.7 Å². The highest BCUT2D eigenvalue weighted by molar-refractivity contribution is 7.89. The molecule has 4 N–H and O–H groups in total. The third-order valence-corrected chi connectivity index (χ3v) is 9.65. The van der Waals surface area contributed by atoms with Gasteiger partial charge in [-0.05, 0) is 85.5 Å². The van der Waals surface area contributed by atoms with Crippen LogP contribution in [-0.4, -0.2) is 66.6 Å². The number of carbonyl (C=O) groups excluding carboxylic acids is 1. The van der Waals surface area contributed by atoms with E-state index in [2.05, 4.69) is 48.7 Å². The summed E-state index contributed by atoms with van der Waals surface area (Å²) >= 11 is 0. The van der Waals surface area contributed by atoms with Gasteiger partial charge in [0.1, 0.15) is 0 Å². The fourth-order valence-corrected chi connectivity index (χ4v) is 6.90. The average molecular weight is 608 g/mol. The van der Waals surface area contributed by atoms with Crippen LogP contribution in [0.25, 0.3) is 11.1 Å². The van der Waals surface area contributed by atoms with Crippen LogP contribution in [0.2, 0.25) is 0 Å². The number of carbonyl (C=O) groups is 2. The lowest BCUT2D eigenvalue weighted by molar-refractivity contribution is -0.138. The maximum Gasteiger partial charge on any atom is 0.303 e. The van der Waals surface area contributed by atoms with E-state index in [1.165, 1.54) is 28.5 Å². The van der Waals surface area contributed by atoms with Gasteiger partial charge in [-0.25, -0.2) is 8.42 Å². The minimum Gasteiger partial charge on any atom is -0.481 e. The van der Waals surface area contributed by atoms with Crippen LogP contribution >= 0.6 is 0 Å². The largest absolute Gasteiger partial charge is 0.481 e. The fourth-order valence-electron chi connectivity index (χ4n) is 5.65. The smallest absolute Gasteiger partial charge is 0.303 e. The van der Waals surface area contributed by atoms with Crippen molar-refractivity contribution in [1.82, 2.24) is 9.62 Å². The van der Waals surface area contributed by atoms with Gasteiger partial charge in [0, 0.05) is 37.8 Å². The molecule has 1 aliphatic rings. The first kappa shape index (κ1) is 32.3. The monoisotopic (exact) mass is 607 g/mol. The molecule has 1 unspecified atom stereocenters. The number of hydrogen-bond acceptors (Lipinski definition) is 6. The van der Waals surface area contributed by atoms with E-state index < -0.39 is 28.0 Å². The molecule has 3 aromatic carbocycles. The lowest BCUT2D eigenvalue weighted by Gasteiger charge is -2.31. The molecule has 0 saturated heterocycles. The van der Waals surface area contributed by atoms with E-state index in [4.69, 9.17) is 5.11 Å². The van der Waals surface area contributed by atoms with Crippen LogP contribution in [-0.2, 0) is 32.5 Å². The van der Waals surface area contributed by atoms with Crippen LogP contribution in [0.3, 0.4) is 0 Å². The minimum atomic E-state index is -3.86. The van der Waals surface area contributed by atoms with Gasteiger partial charge >= 0.3 is 5.97 Å². The number of amides is 1. The molecule has 3 aromatic rings. The highest BCUT2D eigenvalue weighted by Gasteiger charge is 2.29. The molecule has 0 aliphatic heterocycles. The second kappa shape index (κ2) is 13.8. The molecule has 0 bridgehead atoms. The Labute approximate surface area is 254 Å². The Morgan fingerprint density at radius 2 is 1.60 bits per heavy atom. The molecule has 0 radical (unpaired) electrons. The van der Waals surface area contributed by atoms with Crippen LogP contribution in [0.5, 0.6) is 0 Å². The highest BCUT2D eigenvalue weighted by atomic mass is 32.2. The van der Waals surface area contributed by atoms with Crippen LogP contribution < -0.4 is 10.6 Å². The molecule has 230 valence electrons. The number of aliphatic hydroxyl groups excluding tert-OH is 1. The van der Waals surface area contributed by atoms with Crippen molar-refractivity contribution in [3.63, 3.8) is 0 Å². The number of aliphatic carboxylic acids is 1. The van der Waals surface area contributed by atoms with Crippen molar-refractivity contribution in [2.75, 3.05) is 25.5 Å². The van der Waals surface area contributed by atoms with Crippen LogP contribution in [0.1, 0.15) is 44.2 Å².